The lowest BCUT2D eigenvalue weighted by Crippen LogP contribution is -2.27. The minimum atomic E-state index is -1.32. The largest absolute Gasteiger partial charge is 0.352 e. The topological polar surface area (TPSA) is 72.2 Å². The van der Waals surface area contributed by atoms with Crippen LogP contribution >= 0.6 is 0 Å². The van der Waals surface area contributed by atoms with Gasteiger partial charge in [-0.05, 0) is 23.8 Å². The van der Waals surface area contributed by atoms with Gasteiger partial charge in [-0.1, -0.05) is 13.8 Å². The molecule has 2 rings (SSSR count). The van der Waals surface area contributed by atoms with Crippen LogP contribution in [0.4, 0.5) is 14.5 Å². The Hall–Kier alpha value is -2.05. The summed E-state index contributed by atoms with van der Waals surface area (Å²) in [7, 11) is 0. The maximum absolute atomic E-state index is 13.8. The number of nitro groups is 1. The molecular weight excluding hydrogens is 270 g/mol. The molecule has 1 aliphatic rings. The molecule has 1 unspecified atom stereocenters. The Labute approximate surface area is 114 Å². The van der Waals surface area contributed by atoms with Gasteiger partial charge in [-0.15, -0.1) is 0 Å². The molecule has 1 atom stereocenters. The smallest absolute Gasteiger partial charge is 0.308 e. The van der Waals surface area contributed by atoms with E-state index in [-0.39, 0.29) is 11.3 Å². The maximum atomic E-state index is 13.8. The highest BCUT2D eigenvalue weighted by Gasteiger charge is 2.45. The summed E-state index contributed by atoms with van der Waals surface area (Å²) in [4.78, 5) is 21.3. The molecule has 0 aliphatic heterocycles. The molecular formula is C13H14F2N2O3. The molecule has 1 aliphatic carbocycles. The standard InChI is InChI=1S/C13H14F2N2O3/c1-13(2)5-7(13)6-16-12(18)9-3-8(14)4-10(11(9)15)17(19)20/h3-4,7H,5-6H2,1-2H3,(H,16,18). The van der Waals surface area contributed by atoms with Crippen molar-refractivity contribution in [2.45, 2.75) is 20.3 Å². The van der Waals surface area contributed by atoms with Crippen LogP contribution in [0.5, 0.6) is 0 Å². The van der Waals surface area contributed by atoms with Crippen LogP contribution in [-0.4, -0.2) is 17.4 Å². The molecule has 1 amide bonds. The zero-order valence-electron chi connectivity index (χ0n) is 11.1. The molecule has 5 nitrogen and oxygen atoms in total. The van der Waals surface area contributed by atoms with Gasteiger partial charge in [0.05, 0.1) is 16.6 Å². The molecule has 1 fully saturated rings. The van der Waals surface area contributed by atoms with Crippen molar-refractivity contribution in [3.05, 3.63) is 39.4 Å². The molecule has 0 spiro atoms. The molecule has 20 heavy (non-hydrogen) atoms. The number of nitrogens with one attached hydrogen (secondary N) is 1. The first kappa shape index (κ1) is 14.4. The van der Waals surface area contributed by atoms with Crippen molar-refractivity contribution in [3.8, 4) is 0 Å². The van der Waals surface area contributed by atoms with Gasteiger partial charge in [0.2, 0.25) is 5.82 Å². The van der Waals surface area contributed by atoms with E-state index in [4.69, 9.17) is 0 Å². The fourth-order valence-corrected chi connectivity index (χ4v) is 2.11. The quantitative estimate of drug-likeness (QED) is 0.682. The number of nitrogens with zero attached hydrogens (tertiary/aromatic N) is 1. The molecule has 0 bridgehead atoms. The lowest BCUT2D eigenvalue weighted by molar-refractivity contribution is -0.387. The van der Waals surface area contributed by atoms with Gasteiger partial charge in [0.25, 0.3) is 5.91 Å². The average Bonchev–Trinajstić information content (AvgIpc) is 2.96. The van der Waals surface area contributed by atoms with Crippen LogP contribution in [0.3, 0.4) is 0 Å². The van der Waals surface area contributed by atoms with Crippen molar-refractivity contribution in [1.29, 1.82) is 0 Å². The van der Waals surface area contributed by atoms with E-state index in [2.05, 4.69) is 5.32 Å². The summed E-state index contributed by atoms with van der Waals surface area (Å²) in [6, 6.07) is 1.12. The summed E-state index contributed by atoms with van der Waals surface area (Å²) >= 11 is 0. The summed E-state index contributed by atoms with van der Waals surface area (Å²) < 4.78 is 27.0. The number of nitro benzene ring substituents is 1. The van der Waals surface area contributed by atoms with E-state index in [0.717, 1.165) is 6.42 Å². The molecule has 0 heterocycles. The van der Waals surface area contributed by atoms with Crippen molar-refractivity contribution in [2.24, 2.45) is 11.3 Å². The van der Waals surface area contributed by atoms with Gasteiger partial charge >= 0.3 is 5.69 Å². The van der Waals surface area contributed by atoms with Crippen LogP contribution in [0.2, 0.25) is 0 Å². The Morgan fingerprint density at radius 2 is 2.10 bits per heavy atom. The highest BCUT2D eigenvalue weighted by Crippen LogP contribution is 2.51. The SMILES string of the molecule is CC1(C)CC1CNC(=O)c1cc(F)cc([N+](=O)[O-])c1F. The first-order valence-electron chi connectivity index (χ1n) is 6.14. The normalized spacial score (nSPS) is 19.5. The van der Waals surface area contributed by atoms with E-state index in [0.29, 0.717) is 18.7 Å². The van der Waals surface area contributed by atoms with E-state index < -0.39 is 33.7 Å². The van der Waals surface area contributed by atoms with Crippen LogP contribution in [0.1, 0.15) is 30.6 Å². The molecule has 1 saturated carbocycles. The summed E-state index contributed by atoms with van der Waals surface area (Å²) in [5, 5.41) is 13.1. The van der Waals surface area contributed by atoms with Gasteiger partial charge in [0.15, 0.2) is 0 Å². The molecule has 0 aromatic heterocycles. The van der Waals surface area contributed by atoms with Crippen molar-refractivity contribution in [3.63, 3.8) is 0 Å². The second-order valence-electron chi connectivity index (χ2n) is 5.64. The maximum Gasteiger partial charge on any atom is 0.308 e. The predicted octanol–water partition coefficient (Wildman–Crippen LogP) is 2.65. The monoisotopic (exact) mass is 284 g/mol. The molecule has 1 N–H and O–H groups in total. The van der Waals surface area contributed by atoms with Crippen LogP contribution in [0.15, 0.2) is 12.1 Å². The number of halogens is 2. The Morgan fingerprint density at radius 3 is 2.60 bits per heavy atom. The Morgan fingerprint density at radius 1 is 1.50 bits per heavy atom. The number of hydrogen-bond donors (Lipinski definition) is 1. The van der Waals surface area contributed by atoms with E-state index in [1.807, 2.05) is 13.8 Å². The molecule has 7 heteroatoms. The average molecular weight is 284 g/mol. The van der Waals surface area contributed by atoms with Crippen molar-refractivity contribution in [2.75, 3.05) is 6.54 Å². The third-order valence-corrected chi connectivity index (χ3v) is 3.69. The van der Waals surface area contributed by atoms with Gasteiger partial charge in [0.1, 0.15) is 5.82 Å². The van der Waals surface area contributed by atoms with Gasteiger partial charge in [0, 0.05) is 6.54 Å². The van der Waals surface area contributed by atoms with Gasteiger partial charge in [-0.25, -0.2) is 4.39 Å². The van der Waals surface area contributed by atoms with Gasteiger partial charge < -0.3 is 5.32 Å². The Kier molecular flexibility index (Phi) is 3.45. The molecule has 108 valence electrons. The zero-order valence-corrected chi connectivity index (χ0v) is 11.1. The summed E-state index contributed by atoms with van der Waals surface area (Å²) in [5.41, 5.74) is -1.54. The van der Waals surface area contributed by atoms with E-state index in [9.17, 15) is 23.7 Å². The molecule has 0 saturated heterocycles. The van der Waals surface area contributed by atoms with E-state index >= 15 is 0 Å². The number of carbonyl (C=O) groups is 1. The fraction of sp³-hybridized carbons (Fsp3) is 0.462. The lowest BCUT2D eigenvalue weighted by atomic mass is 10.1. The number of carbonyl (C=O) groups excluding carboxylic acids is 1. The van der Waals surface area contributed by atoms with Crippen LogP contribution < -0.4 is 5.32 Å². The van der Waals surface area contributed by atoms with Crippen molar-refractivity contribution >= 4 is 11.6 Å². The summed E-state index contributed by atoms with van der Waals surface area (Å²) in [6.45, 7) is 4.42. The van der Waals surface area contributed by atoms with Crippen LogP contribution in [0.25, 0.3) is 0 Å². The zero-order chi connectivity index (χ0) is 15.1. The third kappa shape index (κ3) is 2.76. The van der Waals surface area contributed by atoms with E-state index in [1.54, 1.807) is 0 Å². The summed E-state index contributed by atoms with van der Waals surface area (Å²) in [6.07, 6.45) is 0.944. The van der Waals surface area contributed by atoms with Gasteiger partial charge in [-0.2, -0.15) is 4.39 Å². The lowest BCUT2D eigenvalue weighted by Gasteiger charge is -2.07. The second kappa shape index (κ2) is 4.81. The third-order valence-electron chi connectivity index (χ3n) is 3.69. The van der Waals surface area contributed by atoms with Crippen molar-refractivity contribution < 1.29 is 18.5 Å². The molecule has 0 radical (unpaired) electrons. The first-order valence-corrected chi connectivity index (χ1v) is 6.14. The van der Waals surface area contributed by atoms with Crippen molar-refractivity contribution in [1.82, 2.24) is 5.32 Å². The number of benzene rings is 1. The summed E-state index contributed by atoms with van der Waals surface area (Å²) in [5.74, 6) is -2.88. The second-order valence-corrected chi connectivity index (χ2v) is 5.64. The Bertz CT molecular complexity index is 587. The van der Waals surface area contributed by atoms with Gasteiger partial charge in [-0.3, -0.25) is 14.9 Å². The fourth-order valence-electron chi connectivity index (χ4n) is 2.11. The number of hydrogen-bond acceptors (Lipinski definition) is 3. The minimum absolute atomic E-state index is 0.139. The number of rotatable bonds is 4. The molecule has 1 aromatic carbocycles. The van der Waals surface area contributed by atoms with Crippen LogP contribution in [0, 0.1) is 33.1 Å². The molecule has 1 aromatic rings. The van der Waals surface area contributed by atoms with Crippen LogP contribution in [-0.2, 0) is 0 Å². The first-order chi connectivity index (χ1) is 9.22. The minimum Gasteiger partial charge on any atom is -0.352 e. The number of amides is 1. The highest BCUT2D eigenvalue weighted by atomic mass is 19.1. The highest BCUT2D eigenvalue weighted by molar-refractivity contribution is 5.95. The predicted molar refractivity (Wildman–Crippen MR) is 67.2 cm³/mol. The van der Waals surface area contributed by atoms with E-state index in [1.165, 1.54) is 0 Å². The Balaban J connectivity index is 2.15.